The number of nitrogens with zero attached hydrogens (tertiary/aromatic N) is 3. The van der Waals surface area contributed by atoms with Crippen LogP contribution in [0.2, 0.25) is 0 Å². The van der Waals surface area contributed by atoms with E-state index in [1.807, 2.05) is 6.92 Å². The van der Waals surface area contributed by atoms with Crippen molar-refractivity contribution in [2.24, 2.45) is 11.7 Å². The van der Waals surface area contributed by atoms with Gasteiger partial charge in [-0.15, -0.1) is 0 Å². The lowest BCUT2D eigenvalue weighted by molar-refractivity contribution is -0.137. The average molecular weight is 296 g/mol. The molecule has 21 heavy (non-hydrogen) atoms. The Bertz CT molecular complexity index is 477. The Morgan fingerprint density at radius 2 is 2.29 bits per heavy atom. The van der Waals surface area contributed by atoms with E-state index < -0.39 is 0 Å². The molecule has 1 amide bonds. The maximum absolute atomic E-state index is 12.5. The number of aryl methyl sites for hydroxylation is 1. The highest BCUT2D eigenvalue weighted by atomic mass is 16.5. The maximum atomic E-state index is 12.5. The molecule has 2 rings (SSSR count). The third-order valence-corrected chi connectivity index (χ3v) is 4.06. The Hall–Kier alpha value is -1.47. The van der Waals surface area contributed by atoms with Crippen LogP contribution in [0.4, 0.5) is 0 Å². The molecule has 0 spiro atoms. The molecule has 1 aromatic rings. The molecule has 0 radical (unpaired) electrons. The first-order valence-electron chi connectivity index (χ1n) is 7.40. The van der Waals surface area contributed by atoms with Gasteiger partial charge in [-0.3, -0.25) is 4.79 Å². The highest BCUT2D eigenvalue weighted by Crippen LogP contribution is 2.27. The molecule has 1 aliphatic carbocycles. The normalized spacial score (nSPS) is 25.8. The van der Waals surface area contributed by atoms with Crippen LogP contribution in [0.25, 0.3) is 0 Å². The maximum Gasteiger partial charge on any atom is 0.226 e. The smallest absolute Gasteiger partial charge is 0.226 e. The summed E-state index contributed by atoms with van der Waals surface area (Å²) in [6, 6.07) is 0.0219. The van der Waals surface area contributed by atoms with Crippen molar-refractivity contribution in [3.05, 3.63) is 11.7 Å². The number of hydrogen-bond acceptors (Lipinski definition) is 6. The lowest BCUT2D eigenvalue weighted by Gasteiger charge is -2.34. The Labute approximate surface area is 124 Å². The molecule has 0 saturated heterocycles. The second kappa shape index (κ2) is 7.00. The fourth-order valence-electron chi connectivity index (χ4n) is 2.75. The fourth-order valence-corrected chi connectivity index (χ4v) is 2.75. The summed E-state index contributed by atoms with van der Waals surface area (Å²) in [6.07, 6.45) is 2.94. The van der Waals surface area contributed by atoms with Crippen LogP contribution in [0.15, 0.2) is 4.52 Å². The van der Waals surface area contributed by atoms with E-state index in [9.17, 15) is 4.79 Å². The quantitative estimate of drug-likeness (QED) is 0.861. The summed E-state index contributed by atoms with van der Waals surface area (Å²) < 4.78 is 10.4. The first-order valence-corrected chi connectivity index (χ1v) is 7.40. The number of hydrogen-bond donors (Lipinski definition) is 1. The zero-order valence-electron chi connectivity index (χ0n) is 12.9. The van der Waals surface area contributed by atoms with Crippen LogP contribution >= 0.6 is 0 Å². The largest absolute Gasteiger partial charge is 0.380 e. The Kier molecular flexibility index (Phi) is 5.30. The molecule has 0 unspecified atom stereocenters. The van der Waals surface area contributed by atoms with Gasteiger partial charge in [0.25, 0.3) is 0 Å². The minimum absolute atomic E-state index is 0.0219. The highest BCUT2D eigenvalue weighted by molar-refractivity contribution is 5.78. The van der Waals surface area contributed by atoms with Crippen LogP contribution in [0.3, 0.4) is 0 Å². The molecule has 1 saturated carbocycles. The highest BCUT2D eigenvalue weighted by Gasteiger charge is 2.33. The topological polar surface area (TPSA) is 94.5 Å². The van der Waals surface area contributed by atoms with E-state index in [-0.39, 0.29) is 24.0 Å². The third-order valence-electron chi connectivity index (χ3n) is 4.06. The molecular formula is C14H24N4O3. The molecule has 1 aliphatic rings. The summed E-state index contributed by atoms with van der Waals surface area (Å²) >= 11 is 0. The van der Waals surface area contributed by atoms with Gasteiger partial charge in [-0.2, -0.15) is 4.98 Å². The summed E-state index contributed by atoms with van der Waals surface area (Å²) in [6.45, 7) is 2.31. The summed E-state index contributed by atoms with van der Waals surface area (Å²) in [7, 11) is 3.41. The summed E-state index contributed by atoms with van der Waals surface area (Å²) in [4.78, 5) is 18.4. The summed E-state index contributed by atoms with van der Waals surface area (Å²) in [5.74, 6) is 1.18. The average Bonchev–Trinajstić information content (AvgIpc) is 2.94. The van der Waals surface area contributed by atoms with E-state index in [0.29, 0.717) is 31.1 Å². The second-order valence-electron chi connectivity index (χ2n) is 5.60. The van der Waals surface area contributed by atoms with Gasteiger partial charge in [0.05, 0.1) is 12.6 Å². The molecule has 2 N–H and O–H groups in total. The van der Waals surface area contributed by atoms with Crippen molar-refractivity contribution < 1.29 is 14.1 Å². The number of ether oxygens (including phenoxy) is 1. The van der Waals surface area contributed by atoms with Gasteiger partial charge in [0.2, 0.25) is 11.8 Å². The van der Waals surface area contributed by atoms with Crippen molar-refractivity contribution in [1.82, 2.24) is 15.0 Å². The predicted octanol–water partition coefficient (Wildman–Crippen LogP) is 0.733. The molecule has 0 aliphatic heterocycles. The molecule has 7 nitrogen and oxygen atoms in total. The molecule has 0 bridgehead atoms. The molecule has 3 atom stereocenters. The van der Waals surface area contributed by atoms with Crippen LogP contribution in [0, 0.1) is 5.92 Å². The predicted molar refractivity (Wildman–Crippen MR) is 76.3 cm³/mol. The lowest BCUT2D eigenvalue weighted by Crippen LogP contribution is -2.45. The molecule has 1 fully saturated rings. The van der Waals surface area contributed by atoms with Crippen molar-refractivity contribution in [3.8, 4) is 0 Å². The van der Waals surface area contributed by atoms with Crippen molar-refractivity contribution in [1.29, 1.82) is 0 Å². The number of nitrogens with two attached hydrogens (primary N) is 1. The van der Waals surface area contributed by atoms with E-state index in [4.69, 9.17) is 15.0 Å². The second-order valence-corrected chi connectivity index (χ2v) is 5.60. The van der Waals surface area contributed by atoms with Crippen molar-refractivity contribution in [2.75, 3.05) is 14.2 Å². The number of carbonyl (C=O) groups excluding carboxylic acids is 1. The monoisotopic (exact) mass is 296 g/mol. The molecule has 7 heteroatoms. The Morgan fingerprint density at radius 1 is 1.52 bits per heavy atom. The Morgan fingerprint density at radius 3 is 2.90 bits per heavy atom. The SMILES string of the molecule is CCc1nc(CN(C)C(=O)[C@H]2CC[C@H](N)[C@@H](OC)C2)no1. The van der Waals surface area contributed by atoms with Crippen LogP contribution < -0.4 is 5.73 Å². The number of aromatic nitrogens is 2. The van der Waals surface area contributed by atoms with Gasteiger partial charge >= 0.3 is 0 Å². The van der Waals surface area contributed by atoms with Crippen LogP contribution in [0.5, 0.6) is 0 Å². The van der Waals surface area contributed by atoms with E-state index >= 15 is 0 Å². The van der Waals surface area contributed by atoms with Gasteiger partial charge in [0, 0.05) is 32.5 Å². The first-order chi connectivity index (χ1) is 10.0. The van der Waals surface area contributed by atoms with Crippen molar-refractivity contribution >= 4 is 5.91 Å². The van der Waals surface area contributed by atoms with Crippen LogP contribution in [0.1, 0.15) is 37.9 Å². The summed E-state index contributed by atoms with van der Waals surface area (Å²) in [5.41, 5.74) is 5.99. The number of methoxy groups -OCH3 is 1. The molecule has 118 valence electrons. The van der Waals surface area contributed by atoms with Gasteiger partial charge in [-0.05, 0) is 19.3 Å². The van der Waals surface area contributed by atoms with Crippen LogP contribution in [-0.2, 0) is 22.5 Å². The fraction of sp³-hybridized carbons (Fsp3) is 0.786. The van der Waals surface area contributed by atoms with E-state index in [0.717, 1.165) is 12.8 Å². The Balaban J connectivity index is 1.92. The minimum Gasteiger partial charge on any atom is -0.380 e. The van der Waals surface area contributed by atoms with Gasteiger partial charge in [0.1, 0.15) is 0 Å². The zero-order chi connectivity index (χ0) is 15.4. The van der Waals surface area contributed by atoms with Gasteiger partial charge < -0.3 is 19.9 Å². The number of carbonyl (C=O) groups is 1. The van der Waals surface area contributed by atoms with Gasteiger partial charge in [-0.25, -0.2) is 0 Å². The van der Waals surface area contributed by atoms with Crippen LogP contribution in [-0.4, -0.2) is 47.3 Å². The standard InChI is InChI=1S/C14H24N4O3/c1-4-13-16-12(17-21-13)8-18(2)14(19)9-5-6-10(15)11(7-9)20-3/h9-11H,4-8,15H2,1-3H3/t9-,10-,11-/m0/s1. The molecular weight excluding hydrogens is 272 g/mol. The molecule has 1 aromatic heterocycles. The summed E-state index contributed by atoms with van der Waals surface area (Å²) in [5, 5.41) is 3.87. The van der Waals surface area contributed by atoms with Crippen molar-refractivity contribution in [3.63, 3.8) is 0 Å². The van der Waals surface area contributed by atoms with Gasteiger partial charge in [0.15, 0.2) is 5.82 Å². The third kappa shape index (κ3) is 3.79. The minimum atomic E-state index is -0.0442. The molecule has 0 aromatic carbocycles. The first kappa shape index (κ1) is 15.9. The van der Waals surface area contributed by atoms with E-state index in [1.165, 1.54) is 0 Å². The number of rotatable bonds is 5. The van der Waals surface area contributed by atoms with Gasteiger partial charge in [-0.1, -0.05) is 12.1 Å². The lowest BCUT2D eigenvalue weighted by atomic mass is 9.83. The molecule has 1 heterocycles. The zero-order valence-corrected chi connectivity index (χ0v) is 12.9. The number of amides is 1. The van der Waals surface area contributed by atoms with E-state index in [2.05, 4.69) is 10.1 Å². The van der Waals surface area contributed by atoms with E-state index in [1.54, 1.807) is 19.1 Å². The van der Waals surface area contributed by atoms with Crippen molar-refractivity contribution in [2.45, 2.75) is 51.3 Å².